The van der Waals surface area contributed by atoms with Gasteiger partial charge in [-0.1, -0.05) is 41.0 Å². The molecular weight excluding hydrogens is 187 g/mol. The van der Waals surface area contributed by atoms with Crippen molar-refractivity contribution in [1.29, 1.82) is 0 Å². The molecule has 0 bridgehead atoms. The number of aliphatic hydroxyl groups is 1. The van der Waals surface area contributed by atoms with Crippen molar-refractivity contribution < 1.29 is 14.6 Å². The van der Waals surface area contributed by atoms with Gasteiger partial charge in [-0.25, -0.2) is 0 Å². The molecule has 0 spiro atoms. The molecular formula is C9H9O3P. The second kappa shape index (κ2) is 4.87. The fraction of sp³-hybridized carbons (Fsp3) is 0.111. The van der Waals surface area contributed by atoms with Crippen LogP contribution in [0, 0.1) is 0 Å². The van der Waals surface area contributed by atoms with Gasteiger partial charge in [0.2, 0.25) is 0 Å². The number of benzene rings is 1. The van der Waals surface area contributed by atoms with Crippen molar-refractivity contribution in [3.05, 3.63) is 42.0 Å². The molecule has 0 fully saturated rings. The molecule has 0 amide bonds. The van der Waals surface area contributed by atoms with Crippen LogP contribution in [0.2, 0.25) is 0 Å². The zero-order valence-electron chi connectivity index (χ0n) is 6.83. The molecule has 0 radical (unpaired) electrons. The summed E-state index contributed by atoms with van der Waals surface area (Å²) in [4.78, 5) is 10.3. The average Bonchev–Trinajstić information content (AvgIpc) is 2.15. The molecule has 3 nitrogen and oxygen atoms in total. The van der Waals surface area contributed by atoms with Gasteiger partial charge in [-0.15, -0.1) is 0 Å². The van der Waals surface area contributed by atoms with Crippen LogP contribution in [-0.2, 0) is 4.57 Å². The largest absolute Gasteiger partial charge is 0.593 e. The Morgan fingerprint density at radius 1 is 1.38 bits per heavy atom. The predicted molar refractivity (Wildman–Crippen MR) is 49.1 cm³/mol. The Morgan fingerprint density at radius 3 is 2.54 bits per heavy atom. The Kier molecular flexibility index (Phi) is 3.77. The minimum Gasteiger partial charge on any atom is -0.593 e. The molecule has 0 saturated heterocycles. The third-order valence-electron chi connectivity index (χ3n) is 1.48. The molecule has 0 saturated carbocycles. The summed E-state index contributed by atoms with van der Waals surface area (Å²) in [5.74, 6) is -1.39. The minimum atomic E-state index is -2.79. The second-order valence-corrected chi connectivity index (χ2v) is 3.57. The van der Waals surface area contributed by atoms with E-state index in [0.717, 1.165) is 5.56 Å². The summed E-state index contributed by atoms with van der Waals surface area (Å²) in [7, 11) is -2.79. The van der Waals surface area contributed by atoms with Gasteiger partial charge in [0, 0.05) is 0 Å². The summed E-state index contributed by atoms with van der Waals surface area (Å²) in [5, 5.41) is 8.90. The van der Waals surface area contributed by atoms with Crippen molar-refractivity contribution >= 4 is 14.1 Å². The first-order chi connectivity index (χ1) is 6.20. The van der Waals surface area contributed by atoms with Crippen LogP contribution in [0.25, 0.3) is 6.08 Å². The summed E-state index contributed by atoms with van der Waals surface area (Å²) < 4.78 is 10.3. The number of rotatable bonds is 3. The molecule has 0 aliphatic carbocycles. The third kappa shape index (κ3) is 3.47. The Balaban J connectivity index is 2.64. The Hall–Kier alpha value is -1.02. The highest BCUT2D eigenvalue weighted by molar-refractivity contribution is 7.37. The monoisotopic (exact) mass is 196 g/mol. The van der Waals surface area contributed by atoms with Crippen molar-refractivity contribution in [2.75, 3.05) is 0 Å². The van der Waals surface area contributed by atoms with E-state index >= 15 is 0 Å². The normalized spacial score (nSPS) is 14.5. The van der Waals surface area contributed by atoms with E-state index in [9.17, 15) is 9.46 Å². The van der Waals surface area contributed by atoms with E-state index in [0.29, 0.717) is 0 Å². The SMILES string of the molecule is O=[P+]([O-])C(O)C=Cc1ccccc1. The molecule has 1 aromatic rings. The predicted octanol–water partition coefficient (Wildman–Crippen LogP) is 1.12. The fourth-order valence-corrected chi connectivity index (χ4v) is 1.06. The topological polar surface area (TPSA) is 60.4 Å². The summed E-state index contributed by atoms with van der Waals surface area (Å²) in [6.45, 7) is 0. The van der Waals surface area contributed by atoms with E-state index in [4.69, 9.17) is 5.11 Å². The zero-order valence-corrected chi connectivity index (χ0v) is 7.72. The van der Waals surface area contributed by atoms with Crippen LogP contribution in [0.5, 0.6) is 0 Å². The van der Waals surface area contributed by atoms with Crippen molar-refractivity contribution in [3.8, 4) is 0 Å². The van der Waals surface area contributed by atoms with Crippen LogP contribution in [-0.4, -0.2) is 11.0 Å². The van der Waals surface area contributed by atoms with E-state index in [2.05, 4.69) is 0 Å². The van der Waals surface area contributed by atoms with E-state index in [-0.39, 0.29) is 0 Å². The lowest BCUT2D eigenvalue weighted by molar-refractivity contribution is -0.170. The van der Waals surface area contributed by atoms with Crippen LogP contribution < -0.4 is 4.89 Å². The molecule has 1 rings (SSSR count). The number of aliphatic hydroxyl groups excluding tert-OH is 1. The minimum absolute atomic E-state index is 0.860. The van der Waals surface area contributed by atoms with Gasteiger partial charge in [0.15, 0.2) is 0 Å². The summed E-state index contributed by atoms with van der Waals surface area (Å²) >= 11 is 0. The van der Waals surface area contributed by atoms with Gasteiger partial charge < -0.3 is 10.00 Å². The molecule has 0 aromatic heterocycles. The third-order valence-corrected chi connectivity index (χ3v) is 2.08. The van der Waals surface area contributed by atoms with Crippen molar-refractivity contribution in [1.82, 2.24) is 0 Å². The highest BCUT2D eigenvalue weighted by Crippen LogP contribution is 2.16. The van der Waals surface area contributed by atoms with Gasteiger partial charge in [0.1, 0.15) is 0 Å². The van der Waals surface area contributed by atoms with E-state index in [1.165, 1.54) is 6.08 Å². The molecule has 0 aliphatic heterocycles. The number of hydrogen-bond donors (Lipinski definition) is 1. The highest BCUT2D eigenvalue weighted by Gasteiger charge is 2.11. The zero-order chi connectivity index (χ0) is 9.68. The first-order valence-corrected chi connectivity index (χ1v) is 4.99. The summed E-state index contributed by atoms with van der Waals surface area (Å²) in [5.41, 5.74) is 0.860. The summed E-state index contributed by atoms with van der Waals surface area (Å²) in [6.07, 6.45) is 2.80. The van der Waals surface area contributed by atoms with Gasteiger partial charge in [0.05, 0.1) is 0 Å². The van der Waals surface area contributed by atoms with Crippen LogP contribution >= 0.6 is 8.03 Å². The lowest BCUT2D eigenvalue weighted by atomic mass is 10.2. The fourth-order valence-electron chi connectivity index (χ4n) is 0.832. The highest BCUT2D eigenvalue weighted by atomic mass is 31.1. The molecule has 1 aromatic carbocycles. The van der Waals surface area contributed by atoms with Crippen LogP contribution in [0.1, 0.15) is 5.56 Å². The van der Waals surface area contributed by atoms with E-state index in [1.807, 2.05) is 30.3 Å². The molecule has 2 unspecified atom stereocenters. The lowest BCUT2D eigenvalue weighted by Crippen LogP contribution is -2.02. The molecule has 13 heavy (non-hydrogen) atoms. The average molecular weight is 196 g/mol. The smallest absolute Gasteiger partial charge is 0.345 e. The number of hydrogen-bond acceptors (Lipinski definition) is 3. The first kappa shape index (κ1) is 10.1. The maximum atomic E-state index is 10.3. The van der Waals surface area contributed by atoms with Gasteiger partial charge in [-0.05, 0) is 11.6 Å². The van der Waals surface area contributed by atoms with Gasteiger partial charge >= 0.3 is 8.03 Å². The Morgan fingerprint density at radius 2 is 2.00 bits per heavy atom. The van der Waals surface area contributed by atoms with E-state index in [1.54, 1.807) is 6.08 Å². The second-order valence-electron chi connectivity index (χ2n) is 2.47. The maximum absolute atomic E-state index is 10.3. The quantitative estimate of drug-likeness (QED) is 0.737. The Bertz CT molecular complexity index is 308. The van der Waals surface area contributed by atoms with Gasteiger partial charge in [-0.2, -0.15) is 0 Å². The molecule has 0 heterocycles. The molecule has 1 N–H and O–H groups in total. The van der Waals surface area contributed by atoms with Crippen molar-refractivity contribution in [3.63, 3.8) is 0 Å². The van der Waals surface area contributed by atoms with Crippen LogP contribution in [0.3, 0.4) is 0 Å². The maximum Gasteiger partial charge on any atom is 0.345 e. The Labute approximate surface area is 77.2 Å². The standard InChI is InChI=1S/C9H9O3P/c10-9(13(11)12)7-6-8-4-2-1-3-5-8/h1-7,9-10H. The lowest BCUT2D eigenvalue weighted by Gasteiger charge is -1.93. The molecule has 4 heteroatoms. The van der Waals surface area contributed by atoms with Crippen LogP contribution in [0.15, 0.2) is 36.4 Å². The first-order valence-electron chi connectivity index (χ1n) is 3.75. The molecule has 2 atom stereocenters. The van der Waals surface area contributed by atoms with Gasteiger partial charge in [-0.3, -0.25) is 0 Å². The molecule has 68 valence electrons. The van der Waals surface area contributed by atoms with Crippen molar-refractivity contribution in [2.45, 2.75) is 5.85 Å². The summed E-state index contributed by atoms with van der Waals surface area (Å²) in [6, 6.07) is 9.18. The van der Waals surface area contributed by atoms with Crippen LogP contribution in [0.4, 0.5) is 0 Å². The van der Waals surface area contributed by atoms with Crippen molar-refractivity contribution in [2.24, 2.45) is 0 Å². The molecule has 0 aliphatic rings. The van der Waals surface area contributed by atoms with Gasteiger partial charge in [0.25, 0.3) is 5.85 Å². The van der Waals surface area contributed by atoms with E-state index < -0.39 is 13.9 Å².